The molecule has 0 bridgehead atoms. The lowest BCUT2D eigenvalue weighted by molar-refractivity contribution is -0.122. The Morgan fingerprint density at radius 1 is 1.42 bits per heavy atom. The van der Waals surface area contributed by atoms with Gasteiger partial charge in [0.1, 0.15) is 0 Å². The molecular weight excluding hydrogens is 300 g/mol. The molecule has 0 aromatic heterocycles. The minimum atomic E-state index is 0.0863. The molecule has 0 unspecified atom stereocenters. The van der Waals surface area contributed by atoms with Crippen LogP contribution in [-0.2, 0) is 4.79 Å². The summed E-state index contributed by atoms with van der Waals surface area (Å²) in [6.45, 7) is 5.70. The average molecular weight is 326 g/mol. The summed E-state index contributed by atoms with van der Waals surface area (Å²) in [4.78, 5) is 16.2. The Hall–Kier alpha value is -2.16. The number of amides is 1. The maximum Gasteiger partial charge on any atom is 0.234 e. The number of benzene rings is 1. The largest absolute Gasteiger partial charge is 0.354 e. The average Bonchev–Trinajstić information content (AvgIpc) is 2.55. The summed E-state index contributed by atoms with van der Waals surface area (Å²) < 4.78 is 0. The number of likely N-dealkylation sites (N-methyl/N-ethyl adjacent to an activating group) is 1. The Morgan fingerprint density at radius 2 is 2.21 bits per heavy atom. The van der Waals surface area contributed by atoms with Crippen LogP contribution in [0.15, 0.2) is 24.3 Å². The molecule has 2 rings (SSSR count). The summed E-state index contributed by atoms with van der Waals surface area (Å²) in [6.07, 6.45) is 3.13. The van der Waals surface area contributed by atoms with Crippen molar-refractivity contribution < 1.29 is 4.79 Å². The van der Waals surface area contributed by atoms with E-state index in [-0.39, 0.29) is 5.91 Å². The second-order valence-electron chi connectivity index (χ2n) is 6.51. The van der Waals surface area contributed by atoms with Crippen LogP contribution in [0.2, 0.25) is 0 Å². The van der Waals surface area contributed by atoms with Crippen molar-refractivity contribution in [1.82, 2.24) is 15.1 Å². The van der Waals surface area contributed by atoms with Crippen LogP contribution in [0.3, 0.4) is 0 Å². The first-order chi connectivity index (χ1) is 11.5. The third-order valence-corrected chi connectivity index (χ3v) is 4.24. The highest BCUT2D eigenvalue weighted by Gasteiger charge is 2.16. The maximum absolute atomic E-state index is 11.9. The topological polar surface area (TPSA) is 59.4 Å². The van der Waals surface area contributed by atoms with Crippen LogP contribution in [-0.4, -0.2) is 62.5 Å². The number of nitrogens with zero attached hydrogens (tertiary/aromatic N) is 3. The Bertz CT molecular complexity index is 658. The van der Waals surface area contributed by atoms with Crippen molar-refractivity contribution >= 4 is 11.5 Å². The van der Waals surface area contributed by atoms with Crippen LogP contribution in [0.1, 0.15) is 23.1 Å². The molecule has 1 heterocycles. The third kappa shape index (κ3) is 5.19. The molecule has 1 aliphatic heterocycles. The lowest BCUT2D eigenvalue weighted by atomic mass is 9.94. The van der Waals surface area contributed by atoms with E-state index in [1.807, 2.05) is 39.2 Å². The highest BCUT2D eigenvalue weighted by molar-refractivity contribution is 5.78. The van der Waals surface area contributed by atoms with E-state index in [0.717, 1.165) is 31.6 Å². The summed E-state index contributed by atoms with van der Waals surface area (Å²) in [5.74, 6) is 0.0863. The van der Waals surface area contributed by atoms with E-state index in [1.54, 1.807) is 0 Å². The van der Waals surface area contributed by atoms with Crippen molar-refractivity contribution in [3.8, 4) is 6.07 Å². The highest BCUT2D eigenvalue weighted by Crippen LogP contribution is 2.25. The lowest BCUT2D eigenvalue weighted by Crippen LogP contribution is -2.41. The molecule has 0 radical (unpaired) electrons. The van der Waals surface area contributed by atoms with Crippen molar-refractivity contribution in [2.45, 2.75) is 13.3 Å². The van der Waals surface area contributed by atoms with Gasteiger partial charge < -0.3 is 10.2 Å². The first-order valence-corrected chi connectivity index (χ1v) is 8.33. The summed E-state index contributed by atoms with van der Waals surface area (Å²) in [5, 5.41) is 11.9. The van der Waals surface area contributed by atoms with E-state index >= 15 is 0 Å². The molecule has 1 aromatic rings. The number of nitrogens with one attached hydrogen (secondary N) is 1. The molecule has 5 nitrogen and oxygen atoms in total. The quantitative estimate of drug-likeness (QED) is 0.863. The molecule has 1 aliphatic rings. The van der Waals surface area contributed by atoms with E-state index in [9.17, 15) is 4.79 Å². The first kappa shape index (κ1) is 18.2. The van der Waals surface area contributed by atoms with Crippen LogP contribution >= 0.6 is 0 Å². The Morgan fingerprint density at radius 3 is 2.79 bits per heavy atom. The molecule has 24 heavy (non-hydrogen) atoms. The van der Waals surface area contributed by atoms with E-state index < -0.39 is 0 Å². The van der Waals surface area contributed by atoms with Crippen molar-refractivity contribution in [3.63, 3.8) is 0 Å². The van der Waals surface area contributed by atoms with Gasteiger partial charge in [0.05, 0.1) is 18.2 Å². The van der Waals surface area contributed by atoms with Crippen LogP contribution in [0.4, 0.5) is 0 Å². The second-order valence-corrected chi connectivity index (χ2v) is 6.51. The molecule has 128 valence electrons. The van der Waals surface area contributed by atoms with Crippen LogP contribution in [0.25, 0.3) is 5.57 Å². The Labute approximate surface area is 144 Å². The maximum atomic E-state index is 11.9. The van der Waals surface area contributed by atoms with Crippen molar-refractivity contribution in [1.29, 1.82) is 5.26 Å². The number of nitriles is 1. The minimum Gasteiger partial charge on any atom is -0.354 e. The SMILES string of the molecule is Cc1cc(C#N)ccc1C1=CCN(CC(=O)NCCN(C)C)CC1. The predicted molar refractivity (Wildman–Crippen MR) is 96.5 cm³/mol. The molecule has 0 saturated carbocycles. The third-order valence-electron chi connectivity index (χ3n) is 4.24. The molecular formula is C19H26N4O. The van der Waals surface area contributed by atoms with Gasteiger partial charge in [0.2, 0.25) is 5.91 Å². The second kappa shape index (κ2) is 8.62. The normalized spacial score (nSPS) is 15.0. The fraction of sp³-hybridized carbons (Fsp3) is 0.474. The summed E-state index contributed by atoms with van der Waals surface area (Å²) in [6, 6.07) is 8.01. The zero-order valence-electron chi connectivity index (χ0n) is 14.8. The standard InChI is InChI=1S/C19H26N4O/c1-15-12-16(13-20)4-5-18(15)17-6-9-23(10-7-17)14-19(24)21-8-11-22(2)3/h4-6,12H,7-11,14H2,1-3H3,(H,21,24). The van der Waals surface area contributed by atoms with Crippen molar-refractivity contribution in [2.24, 2.45) is 0 Å². The van der Waals surface area contributed by atoms with Gasteiger partial charge in [-0.15, -0.1) is 0 Å². The molecule has 5 heteroatoms. The predicted octanol–water partition coefficient (Wildman–Crippen LogP) is 1.63. The minimum absolute atomic E-state index is 0.0863. The molecule has 0 saturated heterocycles. The van der Waals surface area contributed by atoms with Gasteiger partial charge >= 0.3 is 0 Å². The number of carbonyl (C=O) groups is 1. The fourth-order valence-corrected chi connectivity index (χ4v) is 2.87. The summed E-state index contributed by atoms with van der Waals surface area (Å²) in [7, 11) is 3.99. The molecule has 0 atom stereocenters. The highest BCUT2D eigenvalue weighted by atomic mass is 16.2. The zero-order chi connectivity index (χ0) is 17.5. The molecule has 1 amide bonds. The molecule has 1 N–H and O–H groups in total. The van der Waals surface area contributed by atoms with Gasteiger partial charge in [-0.05, 0) is 56.3 Å². The number of hydrogen-bond acceptors (Lipinski definition) is 4. The molecule has 0 aliphatic carbocycles. The van der Waals surface area contributed by atoms with Gasteiger partial charge in [0, 0.05) is 26.2 Å². The molecule has 1 aromatic carbocycles. The van der Waals surface area contributed by atoms with Gasteiger partial charge in [-0.3, -0.25) is 9.69 Å². The van der Waals surface area contributed by atoms with E-state index in [0.29, 0.717) is 18.7 Å². The smallest absolute Gasteiger partial charge is 0.234 e. The number of hydrogen-bond donors (Lipinski definition) is 1. The summed E-state index contributed by atoms with van der Waals surface area (Å²) >= 11 is 0. The van der Waals surface area contributed by atoms with Crippen molar-refractivity contribution in [3.05, 3.63) is 41.0 Å². The molecule has 0 fully saturated rings. The van der Waals surface area contributed by atoms with E-state index in [1.165, 1.54) is 11.1 Å². The van der Waals surface area contributed by atoms with Crippen LogP contribution in [0.5, 0.6) is 0 Å². The van der Waals surface area contributed by atoms with Gasteiger partial charge in [0.25, 0.3) is 0 Å². The number of carbonyl (C=O) groups excluding carboxylic acids is 1. The van der Waals surface area contributed by atoms with Gasteiger partial charge in [-0.1, -0.05) is 12.1 Å². The Kier molecular flexibility index (Phi) is 6.53. The number of aryl methyl sites for hydroxylation is 1. The zero-order valence-corrected chi connectivity index (χ0v) is 14.8. The van der Waals surface area contributed by atoms with Gasteiger partial charge in [0.15, 0.2) is 0 Å². The number of rotatable bonds is 6. The van der Waals surface area contributed by atoms with Crippen molar-refractivity contribution in [2.75, 3.05) is 46.8 Å². The van der Waals surface area contributed by atoms with E-state index in [2.05, 4.69) is 27.3 Å². The van der Waals surface area contributed by atoms with E-state index in [4.69, 9.17) is 5.26 Å². The van der Waals surface area contributed by atoms with Gasteiger partial charge in [-0.2, -0.15) is 5.26 Å². The lowest BCUT2D eigenvalue weighted by Gasteiger charge is -2.26. The van der Waals surface area contributed by atoms with Gasteiger partial charge in [-0.25, -0.2) is 0 Å². The monoisotopic (exact) mass is 326 g/mol. The Balaban J connectivity index is 1.87. The summed E-state index contributed by atoms with van der Waals surface area (Å²) in [5.41, 5.74) is 4.35. The van der Waals surface area contributed by atoms with Crippen LogP contribution < -0.4 is 5.32 Å². The first-order valence-electron chi connectivity index (χ1n) is 8.33. The molecule has 0 spiro atoms. The van der Waals surface area contributed by atoms with Crippen LogP contribution in [0, 0.1) is 18.3 Å². The fourth-order valence-electron chi connectivity index (χ4n) is 2.87.